The molecule has 2 aromatic rings. The van der Waals surface area contributed by atoms with E-state index in [0.717, 1.165) is 22.8 Å². The van der Waals surface area contributed by atoms with Crippen LogP contribution in [0.4, 0.5) is 0 Å². The predicted molar refractivity (Wildman–Crippen MR) is 124 cm³/mol. The molecule has 2 heterocycles. The summed E-state index contributed by atoms with van der Waals surface area (Å²) in [6.07, 6.45) is 1.17. The maximum Gasteiger partial charge on any atom is 0.359 e. The van der Waals surface area contributed by atoms with E-state index in [0.29, 0.717) is 0 Å². The molecule has 0 aliphatic carbocycles. The van der Waals surface area contributed by atoms with E-state index in [1.54, 1.807) is 0 Å². The third-order valence-electron chi connectivity index (χ3n) is 5.40. The van der Waals surface area contributed by atoms with Crippen LogP contribution in [0.2, 0.25) is 10.1 Å². The summed E-state index contributed by atoms with van der Waals surface area (Å²) in [5.41, 5.74) is 3.29. The standard InChI is InChI=1S/C19H27N2OSi.C5H8O2.Pt/c1-13-14(2)21-17(20-13)15-11-9-10-12-16(15)22-23(21,18(3,4)5)19(6,7)8;1-4(6)3-5(2)7;/h9-10,12H,1-8H3;3,6H,1-2H3;/q-1;;. The molecule has 5 nitrogen and oxygen atoms in total. The van der Waals surface area contributed by atoms with E-state index < -0.39 is 8.48 Å². The molecular formula is C24H35N2O3PtSi-. The molecule has 0 bridgehead atoms. The van der Waals surface area contributed by atoms with Crippen LogP contribution in [-0.2, 0) is 25.9 Å². The normalized spacial score (nSPS) is 14.8. The second-order valence-corrected chi connectivity index (χ2v) is 14.9. The third-order valence-corrected chi connectivity index (χ3v) is 11.2. The fourth-order valence-corrected chi connectivity index (χ4v) is 10.3. The first kappa shape index (κ1) is 27.4. The second-order valence-electron chi connectivity index (χ2n) is 9.99. The number of fused-ring (bicyclic) bond motifs is 3. The fraction of sp³-hybridized carbons (Fsp3) is 0.500. The molecule has 174 valence electrons. The molecule has 1 aromatic heterocycles. The number of nitrogens with zero attached hydrogens (tertiary/aromatic N) is 2. The van der Waals surface area contributed by atoms with Crippen LogP contribution in [0, 0.1) is 19.9 Å². The van der Waals surface area contributed by atoms with E-state index in [4.69, 9.17) is 14.5 Å². The van der Waals surface area contributed by atoms with Crippen molar-refractivity contribution in [3.05, 3.63) is 47.5 Å². The van der Waals surface area contributed by atoms with Crippen molar-refractivity contribution in [1.82, 2.24) is 9.22 Å². The number of benzene rings is 1. The molecule has 0 amide bonds. The maximum absolute atomic E-state index is 10.0. The molecule has 0 spiro atoms. The Labute approximate surface area is 202 Å². The summed E-state index contributed by atoms with van der Waals surface area (Å²) in [7, 11) is -2.45. The molecular weight excluding hydrogens is 587 g/mol. The average molecular weight is 623 g/mol. The molecule has 0 saturated heterocycles. The van der Waals surface area contributed by atoms with Crippen molar-refractivity contribution >= 4 is 14.3 Å². The topological polar surface area (TPSA) is 64.3 Å². The zero-order valence-electron chi connectivity index (χ0n) is 20.3. The molecule has 1 aliphatic rings. The minimum absolute atomic E-state index is 0. The first-order valence-corrected chi connectivity index (χ1v) is 12.1. The van der Waals surface area contributed by atoms with Crippen LogP contribution in [0.15, 0.2) is 30.0 Å². The van der Waals surface area contributed by atoms with Crippen LogP contribution in [-0.4, -0.2) is 28.6 Å². The molecule has 3 rings (SSSR count). The monoisotopic (exact) mass is 622 g/mol. The van der Waals surface area contributed by atoms with E-state index >= 15 is 0 Å². The maximum atomic E-state index is 10.0. The van der Waals surface area contributed by atoms with Crippen LogP contribution in [0.25, 0.3) is 11.4 Å². The Bertz CT molecular complexity index is 964. The summed E-state index contributed by atoms with van der Waals surface area (Å²) in [4.78, 5) is 14.9. The second kappa shape index (κ2) is 9.46. The molecule has 31 heavy (non-hydrogen) atoms. The smallest absolute Gasteiger partial charge is 0.359 e. The summed E-state index contributed by atoms with van der Waals surface area (Å²) in [5.74, 6) is 1.90. The van der Waals surface area contributed by atoms with E-state index in [1.165, 1.54) is 25.6 Å². The Morgan fingerprint density at radius 1 is 1.16 bits per heavy atom. The zero-order chi connectivity index (χ0) is 23.1. The summed E-state index contributed by atoms with van der Waals surface area (Å²) in [6.45, 7) is 20.9. The summed E-state index contributed by atoms with van der Waals surface area (Å²) < 4.78 is 9.35. The first-order chi connectivity index (χ1) is 13.6. The van der Waals surface area contributed by atoms with Crippen molar-refractivity contribution in [3.63, 3.8) is 0 Å². The van der Waals surface area contributed by atoms with Crippen LogP contribution in [0.5, 0.6) is 5.75 Å². The third kappa shape index (κ3) is 5.06. The van der Waals surface area contributed by atoms with Gasteiger partial charge in [-0.3, -0.25) is 9.78 Å². The average Bonchev–Trinajstić information content (AvgIpc) is 2.87. The summed E-state index contributed by atoms with van der Waals surface area (Å²) >= 11 is 0. The van der Waals surface area contributed by atoms with E-state index in [2.05, 4.69) is 71.8 Å². The SMILES string of the molecule is CC(=O)C=C(C)O.Cc1nc2n(c1C)[Si](C(C)(C)C)(C(C)(C)C)Oc1ccc[c-]c1-2.[Pt]. The van der Waals surface area contributed by atoms with Crippen molar-refractivity contribution in [1.29, 1.82) is 0 Å². The number of aromatic nitrogens is 2. The number of aryl methyl sites for hydroxylation is 1. The molecule has 1 aromatic carbocycles. The minimum Gasteiger partial charge on any atom is -0.572 e. The number of allylic oxidation sites excluding steroid dienone is 2. The number of rotatable bonds is 1. The van der Waals surface area contributed by atoms with Gasteiger partial charge in [-0.05, 0) is 27.7 Å². The molecule has 1 N–H and O–H groups in total. The number of hydrogen-bond donors (Lipinski definition) is 1. The fourth-order valence-electron chi connectivity index (χ4n) is 4.45. The Morgan fingerprint density at radius 3 is 2.13 bits per heavy atom. The number of aliphatic hydroxyl groups is 1. The number of aliphatic hydroxyl groups excluding tert-OH is 1. The minimum atomic E-state index is -2.45. The number of hydrogen-bond acceptors (Lipinski definition) is 4. The Morgan fingerprint density at radius 2 is 1.71 bits per heavy atom. The first-order valence-electron chi connectivity index (χ1n) is 10.3. The van der Waals surface area contributed by atoms with Crippen molar-refractivity contribution in [2.75, 3.05) is 0 Å². The van der Waals surface area contributed by atoms with E-state index in [-0.39, 0.29) is 42.7 Å². The van der Waals surface area contributed by atoms with Crippen LogP contribution < -0.4 is 4.43 Å². The van der Waals surface area contributed by atoms with E-state index in [9.17, 15) is 4.79 Å². The summed E-state index contributed by atoms with van der Waals surface area (Å²) in [5, 5.41) is 8.40. The molecule has 0 unspecified atom stereocenters. The number of imidazole rings is 1. The van der Waals surface area contributed by atoms with Crippen molar-refractivity contribution < 1.29 is 35.4 Å². The van der Waals surface area contributed by atoms with Crippen molar-refractivity contribution in [2.45, 2.75) is 79.3 Å². The van der Waals surface area contributed by atoms with Gasteiger partial charge in [0.2, 0.25) is 0 Å². The van der Waals surface area contributed by atoms with Crippen molar-refractivity contribution in [3.8, 4) is 17.1 Å². The van der Waals surface area contributed by atoms with Gasteiger partial charge in [0, 0.05) is 54.4 Å². The largest absolute Gasteiger partial charge is 0.572 e. The van der Waals surface area contributed by atoms with Crippen LogP contribution in [0.3, 0.4) is 0 Å². The van der Waals surface area contributed by atoms with Gasteiger partial charge in [-0.15, -0.1) is 24.3 Å². The van der Waals surface area contributed by atoms with Gasteiger partial charge < -0.3 is 13.8 Å². The van der Waals surface area contributed by atoms with Gasteiger partial charge in [0.05, 0.1) is 11.6 Å². The molecule has 0 atom stereocenters. The van der Waals surface area contributed by atoms with Crippen LogP contribution in [0.1, 0.15) is 66.8 Å². The predicted octanol–water partition coefficient (Wildman–Crippen LogP) is 6.28. The van der Waals surface area contributed by atoms with Gasteiger partial charge in [-0.2, -0.15) is 0 Å². The number of carbonyl (C=O) groups excluding carboxylic acids is 1. The molecule has 0 radical (unpaired) electrons. The Balaban J connectivity index is 0.000000523. The van der Waals surface area contributed by atoms with Gasteiger partial charge in [0.25, 0.3) is 0 Å². The van der Waals surface area contributed by atoms with Gasteiger partial charge >= 0.3 is 8.48 Å². The Kier molecular flexibility index (Phi) is 8.35. The van der Waals surface area contributed by atoms with Crippen LogP contribution >= 0.6 is 0 Å². The van der Waals surface area contributed by atoms with Gasteiger partial charge in [-0.1, -0.05) is 47.1 Å². The molecule has 7 heteroatoms. The van der Waals surface area contributed by atoms with E-state index in [1.807, 2.05) is 12.1 Å². The quantitative estimate of drug-likeness (QED) is 0.176. The molecule has 1 aliphatic heterocycles. The van der Waals surface area contributed by atoms with Gasteiger partial charge in [0.15, 0.2) is 5.78 Å². The molecule has 0 fully saturated rings. The summed E-state index contributed by atoms with van der Waals surface area (Å²) in [6, 6.07) is 9.34. The number of carbonyl (C=O) groups is 1. The van der Waals surface area contributed by atoms with Gasteiger partial charge in [-0.25, -0.2) is 0 Å². The number of ketones is 1. The van der Waals surface area contributed by atoms with Crippen molar-refractivity contribution in [2.24, 2.45) is 0 Å². The molecule has 0 saturated carbocycles. The van der Waals surface area contributed by atoms with Gasteiger partial charge in [0.1, 0.15) is 0 Å². The zero-order valence-corrected chi connectivity index (χ0v) is 23.6. The Hall–Kier alpha value is -1.65.